The number of hydrogen-bond donors (Lipinski definition) is 1. The highest BCUT2D eigenvalue weighted by molar-refractivity contribution is 5.84. The monoisotopic (exact) mass is 284 g/mol. The van der Waals surface area contributed by atoms with E-state index in [0.29, 0.717) is 0 Å². The van der Waals surface area contributed by atoms with E-state index in [1.54, 1.807) is 6.92 Å². The lowest BCUT2D eigenvalue weighted by Crippen LogP contribution is -2.50. The van der Waals surface area contributed by atoms with E-state index < -0.39 is 27.9 Å². The van der Waals surface area contributed by atoms with Crippen molar-refractivity contribution in [1.82, 2.24) is 0 Å². The fourth-order valence-corrected chi connectivity index (χ4v) is 2.00. The van der Waals surface area contributed by atoms with Crippen LogP contribution in [0.1, 0.15) is 26.3 Å². The first-order valence-electron chi connectivity index (χ1n) is 6.08. The zero-order chi connectivity index (χ0) is 15.7. The van der Waals surface area contributed by atoms with Crippen molar-refractivity contribution in [3.05, 3.63) is 33.6 Å². The first-order valence-corrected chi connectivity index (χ1v) is 6.08. The van der Waals surface area contributed by atoms with Crippen LogP contribution in [-0.4, -0.2) is 28.1 Å². The minimum absolute atomic E-state index is 0.101. The number of halogens is 1. The minimum atomic E-state index is -1.34. The van der Waals surface area contributed by atoms with Crippen LogP contribution in [0.4, 0.5) is 15.8 Å². The predicted molar refractivity (Wildman–Crippen MR) is 72.5 cm³/mol. The fraction of sp³-hybridized carbons (Fsp3) is 0.462. The van der Waals surface area contributed by atoms with E-state index in [1.807, 2.05) is 0 Å². The number of rotatable bonds is 5. The van der Waals surface area contributed by atoms with Gasteiger partial charge in [-0.25, -0.2) is 9.18 Å². The number of aryl methyl sites for hydroxylation is 1. The molecule has 1 aromatic rings. The lowest BCUT2D eigenvalue weighted by molar-refractivity contribution is -0.384. The van der Waals surface area contributed by atoms with E-state index in [9.17, 15) is 24.4 Å². The molecule has 0 amide bonds. The molecule has 0 radical (unpaired) electrons. The molecule has 1 N–H and O–H groups in total. The maximum atomic E-state index is 13.5. The van der Waals surface area contributed by atoms with E-state index in [1.165, 1.54) is 31.7 Å². The van der Waals surface area contributed by atoms with E-state index in [2.05, 4.69) is 0 Å². The molecule has 0 atom stereocenters. The summed E-state index contributed by atoms with van der Waals surface area (Å²) in [6, 6.07) is 2.13. The summed E-state index contributed by atoms with van der Waals surface area (Å²) >= 11 is 0. The van der Waals surface area contributed by atoms with Crippen molar-refractivity contribution < 1.29 is 19.2 Å². The number of carboxylic acid groups (broad SMARTS) is 1. The maximum absolute atomic E-state index is 13.5. The molecule has 0 bridgehead atoms. The molecule has 0 unspecified atom stereocenters. The van der Waals surface area contributed by atoms with Crippen LogP contribution in [0.25, 0.3) is 0 Å². The molecular weight excluding hydrogens is 267 g/mol. The number of carboxylic acids is 1. The Morgan fingerprint density at radius 1 is 1.50 bits per heavy atom. The van der Waals surface area contributed by atoms with Crippen molar-refractivity contribution in [3.8, 4) is 0 Å². The van der Waals surface area contributed by atoms with Crippen LogP contribution in [0.5, 0.6) is 0 Å². The fourth-order valence-electron chi connectivity index (χ4n) is 2.00. The summed E-state index contributed by atoms with van der Waals surface area (Å²) in [6.45, 7) is 6.30. The summed E-state index contributed by atoms with van der Waals surface area (Å²) in [5.41, 5.74) is -1.46. The van der Waals surface area contributed by atoms with E-state index in [0.717, 1.165) is 6.07 Å². The van der Waals surface area contributed by atoms with Gasteiger partial charge in [0.1, 0.15) is 17.0 Å². The number of nitrogens with zero attached hydrogens (tertiary/aromatic N) is 2. The van der Waals surface area contributed by atoms with Crippen molar-refractivity contribution in [2.75, 3.05) is 11.4 Å². The van der Waals surface area contributed by atoms with Gasteiger partial charge in [0.2, 0.25) is 0 Å². The standard InChI is InChI=1S/C13H17FN2O4/c1-5-15(13(3,4)12(17)18)10-6-8(2)9(14)7-11(10)16(19)20/h6-7H,5H2,1-4H3,(H,17,18). The summed E-state index contributed by atoms with van der Waals surface area (Å²) in [7, 11) is 0. The quantitative estimate of drug-likeness (QED) is 0.664. The SMILES string of the molecule is CCN(c1cc(C)c(F)cc1[N+](=O)[O-])C(C)(C)C(=O)O. The van der Waals surface area contributed by atoms with Crippen molar-refractivity contribution in [2.45, 2.75) is 33.2 Å². The van der Waals surface area contributed by atoms with Crippen LogP contribution in [0.2, 0.25) is 0 Å². The first-order chi connectivity index (χ1) is 9.12. The molecule has 0 aliphatic heterocycles. The number of nitro benzene ring substituents is 1. The van der Waals surface area contributed by atoms with Gasteiger partial charge in [0.05, 0.1) is 11.0 Å². The van der Waals surface area contributed by atoms with Gasteiger partial charge in [0, 0.05) is 6.54 Å². The van der Waals surface area contributed by atoms with Gasteiger partial charge in [-0.05, 0) is 39.3 Å². The largest absolute Gasteiger partial charge is 0.480 e. The summed E-state index contributed by atoms with van der Waals surface area (Å²) in [6.07, 6.45) is 0. The Bertz CT molecular complexity index is 558. The molecule has 0 saturated heterocycles. The van der Waals surface area contributed by atoms with Gasteiger partial charge in [-0.1, -0.05) is 0 Å². The summed E-state index contributed by atoms with van der Waals surface area (Å²) in [5, 5.41) is 20.3. The van der Waals surface area contributed by atoms with Gasteiger partial charge in [-0.3, -0.25) is 10.1 Å². The van der Waals surface area contributed by atoms with Crippen LogP contribution in [0, 0.1) is 22.9 Å². The molecule has 0 spiro atoms. The van der Waals surface area contributed by atoms with Crippen molar-refractivity contribution >= 4 is 17.3 Å². The zero-order valence-corrected chi connectivity index (χ0v) is 11.8. The van der Waals surface area contributed by atoms with Gasteiger partial charge < -0.3 is 10.0 Å². The second-order valence-electron chi connectivity index (χ2n) is 4.96. The highest BCUT2D eigenvalue weighted by Gasteiger charge is 2.37. The molecule has 6 nitrogen and oxygen atoms in total. The molecule has 0 saturated carbocycles. The van der Waals surface area contributed by atoms with Crippen molar-refractivity contribution in [3.63, 3.8) is 0 Å². The molecule has 0 aliphatic rings. The summed E-state index contributed by atoms with van der Waals surface area (Å²) in [4.78, 5) is 23.1. The van der Waals surface area contributed by atoms with E-state index >= 15 is 0 Å². The smallest absolute Gasteiger partial charge is 0.328 e. The number of carbonyl (C=O) groups is 1. The third-order valence-corrected chi connectivity index (χ3v) is 3.26. The van der Waals surface area contributed by atoms with E-state index in [4.69, 9.17) is 0 Å². The van der Waals surface area contributed by atoms with Crippen LogP contribution >= 0.6 is 0 Å². The lowest BCUT2D eigenvalue weighted by atomic mass is 10.0. The highest BCUT2D eigenvalue weighted by atomic mass is 19.1. The van der Waals surface area contributed by atoms with Gasteiger partial charge in [0.15, 0.2) is 0 Å². The predicted octanol–water partition coefficient (Wildman–Crippen LogP) is 2.73. The molecule has 0 aliphatic carbocycles. The zero-order valence-electron chi connectivity index (χ0n) is 11.8. The minimum Gasteiger partial charge on any atom is -0.480 e. The molecule has 0 aromatic heterocycles. The van der Waals surface area contributed by atoms with Crippen LogP contribution in [-0.2, 0) is 4.79 Å². The van der Waals surface area contributed by atoms with Crippen LogP contribution < -0.4 is 4.90 Å². The Morgan fingerprint density at radius 2 is 2.05 bits per heavy atom. The molecule has 20 heavy (non-hydrogen) atoms. The van der Waals surface area contributed by atoms with Gasteiger partial charge in [-0.2, -0.15) is 0 Å². The third kappa shape index (κ3) is 2.71. The Hall–Kier alpha value is -2.18. The Balaban J connectivity index is 3.53. The highest BCUT2D eigenvalue weighted by Crippen LogP contribution is 2.34. The normalized spacial score (nSPS) is 11.2. The second kappa shape index (κ2) is 5.44. The van der Waals surface area contributed by atoms with Gasteiger partial charge in [-0.15, -0.1) is 0 Å². The summed E-state index contributed by atoms with van der Waals surface area (Å²) < 4.78 is 13.5. The molecule has 1 rings (SSSR count). The molecule has 110 valence electrons. The third-order valence-electron chi connectivity index (χ3n) is 3.26. The van der Waals surface area contributed by atoms with Gasteiger partial charge >= 0.3 is 5.97 Å². The maximum Gasteiger partial charge on any atom is 0.328 e. The Morgan fingerprint density at radius 3 is 2.45 bits per heavy atom. The molecule has 0 fully saturated rings. The average Bonchev–Trinajstić information content (AvgIpc) is 2.33. The average molecular weight is 284 g/mol. The first kappa shape index (κ1) is 15.9. The van der Waals surface area contributed by atoms with Crippen molar-refractivity contribution in [2.24, 2.45) is 0 Å². The number of nitro groups is 1. The van der Waals surface area contributed by atoms with Crippen LogP contribution in [0.3, 0.4) is 0 Å². The Kier molecular flexibility index (Phi) is 4.32. The lowest BCUT2D eigenvalue weighted by Gasteiger charge is -2.35. The second-order valence-corrected chi connectivity index (χ2v) is 4.96. The Labute approximate surface area is 116 Å². The summed E-state index contributed by atoms with van der Waals surface area (Å²) in [5.74, 6) is -1.81. The topological polar surface area (TPSA) is 83.7 Å². The number of aliphatic carboxylic acids is 1. The van der Waals surface area contributed by atoms with E-state index in [-0.39, 0.29) is 17.8 Å². The number of hydrogen-bond acceptors (Lipinski definition) is 4. The number of benzene rings is 1. The molecule has 1 aromatic carbocycles. The molecule has 0 heterocycles. The van der Waals surface area contributed by atoms with Crippen molar-refractivity contribution in [1.29, 1.82) is 0 Å². The molecular formula is C13H17FN2O4. The van der Waals surface area contributed by atoms with Crippen LogP contribution in [0.15, 0.2) is 12.1 Å². The molecule has 7 heteroatoms. The number of likely N-dealkylation sites (N-methyl/N-ethyl adjacent to an activating group) is 1. The number of anilines is 1. The van der Waals surface area contributed by atoms with Gasteiger partial charge in [0.25, 0.3) is 5.69 Å².